The zero-order valence-corrected chi connectivity index (χ0v) is 21.0. The Morgan fingerprint density at radius 1 is 0.812 bits per heavy atom. The first-order chi connectivity index (χ1) is 15.7. The number of methoxy groups -OCH3 is 2. The lowest BCUT2D eigenvalue weighted by Crippen LogP contribution is -2.33. The van der Waals surface area contributed by atoms with E-state index < -0.39 is 0 Å². The summed E-state index contributed by atoms with van der Waals surface area (Å²) in [6.45, 7) is 0. The second-order valence-corrected chi connectivity index (χ2v) is 9.55. The molecule has 0 bridgehead atoms. The lowest BCUT2D eigenvalue weighted by atomic mass is 9.63. The van der Waals surface area contributed by atoms with E-state index in [0.29, 0.717) is 5.92 Å². The second kappa shape index (κ2) is 10.6. The van der Waals surface area contributed by atoms with Gasteiger partial charge in [0.15, 0.2) is 3.77 Å². The molecule has 0 N–H and O–H groups in total. The average Bonchev–Trinajstić information content (AvgIpc) is 3.37. The van der Waals surface area contributed by atoms with Gasteiger partial charge in [-0.25, -0.2) is 0 Å². The smallest absolute Gasteiger partial charge is 0.161 e. The molecule has 166 valence electrons. The SMILES string of the molecule is CO/C(I)=C(/c1ccccc1)C(CC1CCCC1)(c1ccccc1)c1ccc(OC)cc1. The molecule has 3 heteroatoms. The summed E-state index contributed by atoms with van der Waals surface area (Å²) >= 11 is 2.38. The third-order valence-corrected chi connectivity index (χ3v) is 7.76. The summed E-state index contributed by atoms with van der Waals surface area (Å²) in [4.78, 5) is 0. The molecule has 0 heterocycles. The Kier molecular flexibility index (Phi) is 7.56. The van der Waals surface area contributed by atoms with E-state index in [9.17, 15) is 0 Å². The number of hydrogen-bond acceptors (Lipinski definition) is 2. The van der Waals surface area contributed by atoms with E-state index in [4.69, 9.17) is 9.47 Å². The van der Waals surface area contributed by atoms with Crippen LogP contribution in [0.4, 0.5) is 0 Å². The molecule has 3 aromatic rings. The summed E-state index contributed by atoms with van der Waals surface area (Å²) in [5, 5.41) is 0. The maximum atomic E-state index is 5.97. The number of rotatable bonds is 8. The fourth-order valence-corrected chi connectivity index (χ4v) is 6.05. The Bertz CT molecular complexity index is 1020. The first-order valence-corrected chi connectivity index (χ1v) is 12.5. The minimum absolute atomic E-state index is 0.323. The molecule has 0 aromatic heterocycles. The summed E-state index contributed by atoms with van der Waals surface area (Å²) in [5.74, 6) is 1.56. The van der Waals surface area contributed by atoms with Gasteiger partial charge < -0.3 is 9.47 Å². The fourth-order valence-electron chi connectivity index (χ4n) is 5.27. The molecule has 0 radical (unpaired) electrons. The van der Waals surface area contributed by atoms with Crippen LogP contribution >= 0.6 is 22.6 Å². The van der Waals surface area contributed by atoms with Crippen molar-refractivity contribution in [1.29, 1.82) is 0 Å². The van der Waals surface area contributed by atoms with Crippen LogP contribution in [0.5, 0.6) is 5.75 Å². The Labute approximate surface area is 205 Å². The average molecular weight is 538 g/mol. The van der Waals surface area contributed by atoms with Crippen LogP contribution in [0.3, 0.4) is 0 Å². The van der Waals surface area contributed by atoms with Crippen molar-refractivity contribution in [3.05, 3.63) is 105 Å². The normalized spacial score (nSPS) is 16.8. The minimum atomic E-state index is -0.323. The standard InChI is InChI=1S/C29H31IO2/c1-31-26-19-17-25(18-20-26)29(21-22-11-9-10-12-22,24-15-7-4-8-16-24)27(28(30)32-2)23-13-5-3-6-14-23/h3-8,13-20,22H,9-12,21H2,1-2H3/b28-27-. The molecule has 1 fully saturated rings. The van der Waals surface area contributed by atoms with Crippen LogP contribution in [0, 0.1) is 5.92 Å². The lowest BCUT2D eigenvalue weighted by Gasteiger charge is -2.40. The molecular weight excluding hydrogens is 507 g/mol. The number of allylic oxidation sites excluding steroid dienone is 1. The van der Waals surface area contributed by atoms with Gasteiger partial charge in [-0.1, -0.05) is 98.5 Å². The van der Waals surface area contributed by atoms with Crippen LogP contribution in [-0.4, -0.2) is 14.2 Å². The maximum absolute atomic E-state index is 5.97. The molecule has 0 spiro atoms. The van der Waals surface area contributed by atoms with Gasteiger partial charge in [0.2, 0.25) is 0 Å². The molecule has 1 aliphatic rings. The van der Waals surface area contributed by atoms with E-state index in [-0.39, 0.29) is 5.41 Å². The highest BCUT2D eigenvalue weighted by Crippen LogP contribution is 2.53. The summed E-state index contributed by atoms with van der Waals surface area (Å²) < 4.78 is 12.4. The van der Waals surface area contributed by atoms with Crippen LogP contribution in [-0.2, 0) is 10.2 Å². The summed E-state index contributed by atoms with van der Waals surface area (Å²) in [6, 6.07) is 30.4. The van der Waals surface area contributed by atoms with Crippen LogP contribution < -0.4 is 4.74 Å². The van der Waals surface area contributed by atoms with E-state index in [1.54, 1.807) is 14.2 Å². The topological polar surface area (TPSA) is 18.5 Å². The predicted octanol–water partition coefficient (Wildman–Crippen LogP) is 8.01. The van der Waals surface area contributed by atoms with Crippen molar-refractivity contribution in [2.75, 3.05) is 14.2 Å². The zero-order valence-electron chi connectivity index (χ0n) is 18.9. The fraction of sp³-hybridized carbons (Fsp3) is 0.310. The van der Waals surface area contributed by atoms with Crippen molar-refractivity contribution in [1.82, 2.24) is 0 Å². The van der Waals surface area contributed by atoms with Crippen LogP contribution in [0.2, 0.25) is 0 Å². The number of ether oxygens (including phenoxy) is 2. The van der Waals surface area contributed by atoms with Gasteiger partial charge in [0.1, 0.15) is 5.75 Å². The lowest BCUT2D eigenvalue weighted by molar-refractivity contribution is 0.326. The molecule has 1 aliphatic carbocycles. The first-order valence-electron chi connectivity index (χ1n) is 11.4. The third kappa shape index (κ3) is 4.59. The van der Waals surface area contributed by atoms with Crippen LogP contribution in [0.15, 0.2) is 88.7 Å². The molecule has 1 unspecified atom stereocenters. The first kappa shape index (κ1) is 22.9. The van der Waals surface area contributed by atoms with Crippen molar-refractivity contribution in [2.24, 2.45) is 5.92 Å². The third-order valence-electron chi connectivity index (χ3n) is 6.78. The minimum Gasteiger partial charge on any atom is -0.497 e. The molecule has 3 aromatic carbocycles. The van der Waals surface area contributed by atoms with Gasteiger partial charge in [0, 0.05) is 5.57 Å². The highest BCUT2D eigenvalue weighted by Gasteiger charge is 2.43. The van der Waals surface area contributed by atoms with Crippen molar-refractivity contribution >= 4 is 28.2 Å². The summed E-state index contributed by atoms with van der Waals surface area (Å²) in [7, 11) is 3.51. The largest absolute Gasteiger partial charge is 0.497 e. The predicted molar refractivity (Wildman–Crippen MR) is 141 cm³/mol. The molecule has 0 amide bonds. The van der Waals surface area contributed by atoms with Crippen molar-refractivity contribution < 1.29 is 9.47 Å². The van der Waals surface area contributed by atoms with E-state index in [2.05, 4.69) is 108 Å². The molecular formula is C29H31IO2. The molecule has 1 saturated carbocycles. The van der Waals surface area contributed by atoms with E-state index in [1.165, 1.54) is 47.9 Å². The van der Waals surface area contributed by atoms with Crippen LogP contribution in [0.25, 0.3) is 5.57 Å². The molecule has 4 rings (SSSR count). The van der Waals surface area contributed by atoms with Gasteiger partial charge in [-0.2, -0.15) is 0 Å². The van der Waals surface area contributed by atoms with E-state index >= 15 is 0 Å². The van der Waals surface area contributed by atoms with Gasteiger partial charge in [0.25, 0.3) is 0 Å². The van der Waals surface area contributed by atoms with Gasteiger partial charge in [-0.3, -0.25) is 0 Å². The maximum Gasteiger partial charge on any atom is 0.161 e. The van der Waals surface area contributed by atoms with Crippen molar-refractivity contribution in [3.8, 4) is 5.75 Å². The Morgan fingerprint density at radius 2 is 1.38 bits per heavy atom. The highest BCUT2D eigenvalue weighted by atomic mass is 127. The molecule has 1 atom stereocenters. The van der Waals surface area contributed by atoms with Crippen molar-refractivity contribution in [2.45, 2.75) is 37.5 Å². The van der Waals surface area contributed by atoms with Crippen LogP contribution in [0.1, 0.15) is 48.8 Å². The summed E-state index contributed by atoms with van der Waals surface area (Å²) in [6.07, 6.45) is 6.28. The Hall–Kier alpha value is -2.27. The van der Waals surface area contributed by atoms with Crippen molar-refractivity contribution in [3.63, 3.8) is 0 Å². The van der Waals surface area contributed by atoms with Gasteiger partial charge in [-0.15, -0.1) is 0 Å². The zero-order chi connectivity index (χ0) is 22.4. The highest BCUT2D eigenvalue weighted by molar-refractivity contribution is 14.1. The molecule has 0 saturated heterocycles. The number of halogens is 1. The molecule has 0 aliphatic heterocycles. The second-order valence-electron chi connectivity index (χ2n) is 8.57. The summed E-state index contributed by atoms with van der Waals surface area (Å²) in [5.41, 5.74) is 4.71. The Morgan fingerprint density at radius 3 is 1.94 bits per heavy atom. The van der Waals surface area contributed by atoms with Gasteiger partial charge in [0.05, 0.1) is 19.6 Å². The number of benzene rings is 3. The Balaban J connectivity index is 2.04. The van der Waals surface area contributed by atoms with E-state index in [1.807, 2.05) is 0 Å². The van der Waals surface area contributed by atoms with Gasteiger partial charge >= 0.3 is 0 Å². The molecule has 2 nitrogen and oxygen atoms in total. The monoisotopic (exact) mass is 538 g/mol. The van der Waals surface area contributed by atoms with E-state index in [0.717, 1.165) is 15.9 Å². The quantitative estimate of drug-likeness (QED) is 0.214. The number of hydrogen-bond donors (Lipinski definition) is 0. The van der Waals surface area contributed by atoms with Gasteiger partial charge in [-0.05, 0) is 63.8 Å². The molecule has 32 heavy (non-hydrogen) atoms.